The number of hydrogen-bond acceptors (Lipinski definition) is 1. The summed E-state index contributed by atoms with van der Waals surface area (Å²) in [7, 11) is -0.880. The summed E-state index contributed by atoms with van der Waals surface area (Å²) >= 11 is 0. The fourth-order valence-corrected chi connectivity index (χ4v) is 2.83. The maximum atomic E-state index is 11.5. The van der Waals surface area contributed by atoms with Gasteiger partial charge in [0.1, 0.15) is 12.3 Å². The zero-order chi connectivity index (χ0) is 10.1. The molecule has 0 fully saturated rings. The Morgan fingerprint density at radius 2 is 1.77 bits per heavy atom. The van der Waals surface area contributed by atoms with Crippen LogP contribution < -0.4 is 0 Å². The molecule has 0 aromatic carbocycles. The molecule has 0 saturated heterocycles. The van der Waals surface area contributed by atoms with E-state index in [1.165, 1.54) is 25.7 Å². The summed E-state index contributed by atoms with van der Waals surface area (Å²) in [6.45, 7) is 6.60. The van der Waals surface area contributed by atoms with Crippen LogP contribution >= 0.6 is 7.80 Å². The van der Waals surface area contributed by atoms with Crippen LogP contribution in [0.25, 0.3) is 0 Å². The van der Waals surface area contributed by atoms with Crippen LogP contribution in [0.1, 0.15) is 52.9 Å². The molecule has 0 saturated carbocycles. The van der Waals surface area contributed by atoms with Crippen molar-refractivity contribution >= 4 is 7.80 Å². The lowest BCUT2D eigenvalue weighted by Crippen LogP contribution is -1.91. The van der Waals surface area contributed by atoms with Crippen molar-refractivity contribution in [1.82, 2.24) is 0 Å². The molecule has 13 heavy (non-hydrogen) atoms. The van der Waals surface area contributed by atoms with E-state index in [-0.39, 0.29) is 0 Å². The van der Waals surface area contributed by atoms with Crippen LogP contribution in [-0.2, 0) is 4.57 Å². The van der Waals surface area contributed by atoms with Gasteiger partial charge in [-0.2, -0.15) is 0 Å². The van der Waals surface area contributed by atoms with E-state index in [1.807, 2.05) is 0 Å². The van der Waals surface area contributed by atoms with Gasteiger partial charge in [-0.25, -0.2) is 0 Å². The van der Waals surface area contributed by atoms with Crippen LogP contribution in [0.2, 0.25) is 0 Å². The molecule has 0 aliphatic rings. The van der Waals surface area contributed by atoms with Gasteiger partial charge in [-0.3, -0.25) is 0 Å². The number of rotatable bonds is 8. The Balaban J connectivity index is 3.20. The second-order valence-corrected chi connectivity index (χ2v) is 6.03. The molecule has 0 aromatic heterocycles. The summed E-state index contributed by atoms with van der Waals surface area (Å²) in [5, 5.41) is 0. The van der Waals surface area contributed by atoms with E-state index >= 15 is 0 Å². The predicted molar refractivity (Wildman–Crippen MR) is 60.9 cm³/mol. The van der Waals surface area contributed by atoms with E-state index in [9.17, 15) is 4.57 Å². The molecule has 0 aliphatic heterocycles. The standard InChI is InChI=1S/C11H24OP/c1-4-5-6-7-9-13(12)10-8-11(2)3/h11H,4-10H2,1-3H3/q+1. The van der Waals surface area contributed by atoms with Crippen molar-refractivity contribution in [2.24, 2.45) is 5.92 Å². The Bertz CT molecular complexity index is 132. The minimum absolute atomic E-state index is 0.703. The topological polar surface area (TPSA) is 17.1 Å². The second-order valence-electron chi connectivity index (χ2n) is 4.17. The largest absolute Gasteiger partial charge is 0.338 e. The van der Waals surface area contributed by atoms with Crippen LogP contribution in [0.5, 0.6) is 0 Å². The normalized spacial score (nSPS) is 12.2. The SMILES string of the molecule is CCCCCC[P+](=O)CCC(C)C. The Hall–Kier alpha value is 0.100. The molecule has 1 unspecified atom stereocenters. The highest BCUT2D eigenvalue weighted by molar-refractivity contribution is 7.44. The molecular formula is C11H24OP+. The van der Waals surface area contributed by atoms with Crippen LogP contribution in [-0.4, -0.2) is 12.3 Å². The third-order valence-electron chi connectivity index (χ3n) is 2.22. The van der Waals surface area contributed by atoms with Crippen molar-refractivity contribution in [3.63, 3.8) is 0 Å². The molecule has 78 valence electrons. The van der Waals surface area contributed by atoms with Gasteiger partial charge in [0.05, 0.1) is 0 Å². The molecular weight excluding hydrogens is 179 g/mol. The summed E-state index contributed by atoms with van der Waals surface area (Å²) in [6, 6.07) is 0. The second kappa shape index (κ2) is 8.69. The van der Waals surface area contributed by atoms with E-state index in [4.69, 9.17) is 0 Å². The monoisotopic (exact) mass is 203 g/mol. The maximum absolute atomic E-state index is 11.5. The highest BCUT2D eigenvalue weighted by Crippen LogP contribution is 2.25. The van der Waals surface area contributed by atoms with Gasteiger partial charge >= 0.3 is 7.80 Å². The minimum atomic E-state index is -0.880. The molecule has 0 aliphatic carbocycles. The summed E-state index contributed by atoms with van der Waals surface area (Å²) in [5.74, 6) is 0.703. The third-order valence-corrected chi connectivity index (χ3v) is 3.79. The van der Waals surface area contributed by atoms with Crippen LogP contribution in [0.4, 0.5) is 0 Å². The molecule has 1 nitrogen and oxygen atoms in total. The van der Waals surface area contributed by atoms with E-state index in [0.29, 0.717) is 5.92 Å². The van der Waals surface area contributed by atoms with Gasteiger partial charge in [-0.1, -0.05) is 38.2 Å². The smallest absolute Gasteiger partial charge is 0.0748 e. The first kappa shape index (κ1) is 13.1. The van der Waals surface area contributed by atoms with Crippen molar-refractivity contribution in [1.29, 1.82) is 0 Å². The zero-order valence-corrected chi connectivity index (χ0v) is 10.3. The van der Waals surface area contributed by atoms with Crippen LogP contribution in [0, 0.1) is 5.92 Å². The molecule has 0 aromatic rings. The lowest BCUT2D eigenvalue weighted by atomic mass is 10.2. The Labute approximate surface area is 84.1 Å². The quantitative estimate of drug-likeness (QED) is 0.421. The molecule has 0 bridgehead atoms. The van der Waals surface area contributed by atoms with Crippen molar-refractivity contribution < 1.29 is 4.57 Å². The van der Waals surface area contributed by atoms with Crippen molar-refractivity contribution in [2.75, 3.05) is 12.3 Å². The average Bonchev–Trinajstić information content (AvgIpc) is 2.09. The molecule has 0 amide bonds. The van der Waals surface area contributed by atoms with Crippen LogP contribution in [0.15, 0.2) is 0 Å². The fraction of sp³-hybridized carbons (Fsp3) is 1.00. The molecule has 0 N–H and O–H groups in total. The van der Waals surface area contributed by atoms with E-state index in [2.05, 4.69) is 20.8 Å². The lowest BCUT2D eigenvalue weighted by Gasteiger charge is -1.96. The van der Waals surface area contributed by atoms with Gasteiger partial charge in [0.25, 0.3) is 0 Å². The van der Waals surface area contributed by atoms with Gasteiger partial charge < -0.3 is 0 Å². The van der Waals surface area contributed by atoms with Gasteiger partial charge in [0, 0.05) is 0 Å². The van der Waals surface area contributed by atoms with E-state index < -0.39 is 7.80 Å². The Kier molecular flexibility index (Phi) is 8.75. The first-order chi connectivity index (χ1) is 6.16. The molecule has 0 heterocycles. The summed E-state index contributed by atoms with van der Waals surface area (Å²) in [5.41, 5.74) is 0. The van der Waals surface area contributed by atoms with Gasteiger partial charge in [0.15, 0.2) is 0 Å². The van der Waals surface area contributed by atoms with E-state index in [1.54, 1.807) is 0 Å². The minimum Gasteiger partial charge on any atom is -0.0748 e. The Morgan fingerprint density at radius 3 is 2.31 bits per heavy atom. The predicted octanol–water partition coefficient (Wildman–Crippen LogP) is 4.44. The fourth-order valence-electron chi connectivity index (χ4n) is 1.23. The molecule has 0 spiro atoms. The highest BCUT2D eigenvalue weighted by atomic mass is 31.1. The first-order valence-electron chi connectivity index (χ1n) is 5.59. The summed E-state index contributed by atoms with van der Waals surface area (Å²) < 4.78 is 11.5. The van der Waals surface area contributed by atoms with Gasteiger partial charge in [0.2, 0.25) is 0 Å². The first-order valence-corrected chi connectivity index (χ1v) is 7.22. The zero-order valence-electron chi connectivity index (χ0n) is 9.38. The number of hydrogen-bond donors (Lipinski definition) is 0. The number of unbranched alkanes of at least 4 members (excludes halogenated alkanes) is 3. The van der Waals surface area contributed by atoms with Crippen molar-refractivity contribution in [2.45, 2.75) is 52.9 Å². The molecule has 2 heteroatoms. The van der Waals surface area contributed by atoms with Gasteiger partial charge in [-0.05, 0) is 25.2 Å². The van der Waals surface area contributed by atoms with Crippen LogP contribution in [0.3, 0.4) is 0 Å². The van der Waals surface area contributed by atoms with Crippen molar-refractivity contribution in [3.05, 3.63) is 0 Å². The maximum Gasteiger partial charge on any atom is 0.338 e. The highest BCUT2D eigenvalue weighted by Gasteiger charge is 2.14. The molecule has 1 atom stereocenters. The summed E-state index contributed by atoms with van der Waals surface area (Å²) in [4.78, 5) is 0. The third kappa shape index (κ3) is 10.0. The van der Waals surface area contributed by atoms with Gasteiger partial charge in [-0.15, -0.1) is 0 Å². The molecule has 0 radical (unpaired) electrons. The lowest BCUT2D eigenvalue weighted by molar-refractivity contribution is 0.570. The van der Waals surface area contributed by atoms with E-state index in [0.717, 1.165) is 18.7 Å². The molecule has 0 rings (SSSR count). The van der Waals surface area contributed by atoms with Crippen molar-refractivity contribution in [3.8, 4) is 0 Å². The average molecular weight is 203 g/mol. The Morgan fingerprint density at radius 1 is 1.08 bits per heavy atom. The summed E-state index contributed by atoms with van der Waals surface area (Å²) in [6.07, 6.45) is 8.03.